The monoisotopic (exact) mass is 453 g/mol. The maximum absolute atomic E-state index is 5.77. The average molecular weight is 453 g/mol. The molecule has 0 aromatic heterocycles. The summed E-state index contributed by atoms with van der Waals surface area (Å²) in [5.74, 6) is 0.895. The Morgan fingerprint density at radius 3 is 2.71 bits per heavy atom. The van der Waals surface area contributed by atoms with E-state index in [2.05, 4.69) is 25.4 Å². The van der Waals surface area contributed by atoms with Crippen LogP contribution in [0, 0.1) is 0 Å². The maximum atomic E-state index is 5.77. The number of aliphatic imine (C=N–C) groups is 1. The fourth-order valence-corrected chi connectivity index (χ4v) is 3.53. The van der Waals surface area contributed by atoms with Gasteiger partial charge in [-0.25, -0.2) is 0 Å². The van der Waals surface area contributed by atoms with E-state index in [1.54, 1.807) is 0 Å². The number of rotatable bonds is 7. The first-order valence-corrected chi connectivity index (χ1v) is 8.95. The quantitative estimate of drug-likeness (QED) is 0.244. The van der Waals surface area contributed by atoms with Crippen molar-refractivity contribution in [2.24, 2.45) is 4.99 Å². The Labute approximate surface area is 162 Å². The van der Waals surface area contributed by atoms with Gasteiger partial charge in [0.15, 0.2) is 5.96 Å². The van der Waals surface area contributed by atoms with E-state index in [0.29, 0.717) is 12.1 Å². The second kappa shape index (κ2) is 10.7. The number of nitrogens with one attached hydrogen (secondary N) is 2. The third-order valence-corrected chi connectivity index (χ3v) is 4.98. The van der Waals surface area contributed by atoms with Crippen molar-refractivity contribution < 1.29 is 9.47 Å². The molecule has 4 saturated heterocycles. The van der Waals surface area contributed by atoms with Crippen LogP contribution in [-0.2, 0) is 9.47 Å². The molecule has 0 saturated carbocycles. The Morgan fingerprint density at radius 2 is 2.08 bits per heavy atom. The first kappa shape index (κ1) is 20.2. The number of guanidine groups is 1. The standard InChI is InChI=1S/C16H31N5O2.HI/c1-17-16(18-4-2-9-23-15-3-10-22-13-15)19-11-14-12-20-5-7-21(14)8-6-20;/h14-15H,2-13H2,1H3,(H2,17,18,19);1H. The highest BCUT2D eigenvalue weighted by atomic mass is 127. The highest BCUT2D eigenvalue weighted by Crippen LogP contribution is 2.14. The van der Waals surface area contributed by atoms with Crippen molar-refractivity contribution in [2.45, 2.75) is 25.0 Å². The molecule has 2 N–H and O–H groups in total. The van der Waals surface area contributed by atoms with E-state index in [-0.39, 0.29) is 24.0 Å². The lowest BCUT2D eigenvalue weighted by molar-refractivity contribution is 0.0154. The highest BCUT2D eigenvalue weighted by molar-refractivity contribution is 14.0. The Balaban J connectivity index is 0.00000208. The number of piperazine rings is 3. The summed E-state index contributed by atoms with van der Waals surface area (Å²) in [5.41, 5.74) is 0. The van der Waals surface area contributed by atoms with Crippen LogP contribution in [0.25, 0.3) is 0 Å². The molecule has 0 aromatic carbocycles. The second-order valence-corrected chi connectivity index (χ2v) is 6.58. The summed E-state index contributed by atoms with van der Waals surface area (Å²) < 4.78 is 11.1. The molecular formula is C16H32IN5O2. The Hall–Kier alpha value is -0.160. The van der Waals surface area contributed by atoms with Crippen LogP contribution in [0.4, 0.5) is 0 Å². The summed E-state index contributed by atoms with van der Waals surface area (Å²) in [6.07, 6.45) is 2.32. The zero-order valence-electron chi connectivity index (χ0n) is 14.7. The fraction of sp³-hybridized carbons (Fsp3) is 0.938. The second-order valence-electron chi connectivity index (χ2n) is 6.58. The number of halogens is 1. The average Bonchev–Trinajstić information content (AvgIpc) is 3.12. The third kappa shape index (κ3) is 5.98. The molecule has 4 heterocycles. The van der Waals surface area contributed by atoms with E-state index < -0.39 is 0 Å². The summed E-state index contributed by atoms with van der Waals surface area (Å²) in [6.45, 7) is 10.3. The van der Waals surface area contributed by atoms with Crippen LogP contribution in [-0.4, -0.2) is 101 Å². The van der Waals surface area contributed by atoms with E-state index in [0.717, 1.165) is 51.7 Å². The van der Waals surface area contributed by atoms with Gasteiger partial charge in [0.25, 0.3) is 0 Å². The smallest absolute Gasteiger partial charge is 0.191 e. The van der Waals surface area contributed by atoms with Crippen LogP contribution < -0.4 is 10.6 Å². The molecule has 140 valence electrons. The third-order valence-electron chi connectivity index (χ3n) is 4.98. The molecule has 2 bridgehead atoms. The molecular weight excluding hydrogens is 421 g/mol. The first-order valence-electron chi connectivity index (χ1n) is 8.95. The Bertz CT molecular complexity index is 385. The largest absolute Gasteiger partial charge is 0.379 e. The normalized spacial score (nSPS) is 32.5. The number of hydrogen-bond donors (Lipinski definition) is 2. The lowest BCUT2D eigenvalue weighted by Crippen LogP contribution is -2.63. The van der Waals surface area contributed by atoms with Gasteiger partial charge >= 0.3 is 0 Å². The number of fused-ring (bicyclic) bond motifs is 3. The minimum absolute atomic E-state index is 0. The zero-order chi connectivity index (χ0) is 15.9. The van der Waals surface area contributed by atoms with Crippen molar-refractivity contribution in [1.82, 2.24) is 20.4 Å². The van der Waals surface area contributed by atoms with Crippen LogP contribution in [0.2, 0.25) is 0 Å². The molecule has 0 radical (unpaired) electrons. The van der Waals surface area contributed by atoms with Crippen molar-refractivity contribution in [2.75, 3.05) is 72.7 Å². The number of nitrogens with zero attached hydrogens (tertiary/aromatic N) is 3. The predicted molar refractivity (Wildman–Crippen MR) is 106 cm³/mol. The maximum Gasteiger partial charge on any atom is 0.191 e. The molecule has 4 aliphatic heterocycles. The lowest BCUT2D eigenvalue weighted by atomic mass is 10.1. The van der Waals surface area contributed by atoms with Crippen LogP contribution in [0.3, 0.4) is 0 Å². The first-order chi connectivity index (χ1) is 11.3. The number of hydrogen-bond acceptors (Lipinski definition) is 5. The van der Waals surface area contributed by atoms with Crippen LogP contribution in [0.15, 0.2) is 4.99 Å². The molecule has 4 rings (SSSR count). The molecule has 0 aromatic rings. The van der Waals surface area contributed by atoms with Crippen molar-refractivity contribution >= 4 is 29.9 Å². The fourth-order valence-electron chi connectivity index (χ4n) is 3.53. The van der Waals surface area contributed by atoms with E-state index in [9.17, 15) is 0 Å². The molecule has 4 fully saturated rings. The molecule has 2 unspecified atom stereocenters. The summed E-state index contributed by atoms with van der Waals surface area (Å²) in [4.78, 5) is 9.47. The van der Waals surface area contributed by atoms with Gasteiger partial charge in [-0.2, -0.15) is 0 Å². The van der Waals surface area contributed by atoms with Crippen molar-refractivity contribution in [1.29, 1.82) is 0 Å². The molecule has 7 nitrogen and oxygen atoms in total. The molecule has 0 amide bonds. The molecule has 2 atom stereocenters. The molecule has 24 heavy (non-hydrogen) atoms. The summed E-state index contributed by atoms with van der Waals surface area (Å²) in [6, 6.07) is 0.613. The van der Waals surface area contributed by atoms with Gasteiger partial charge in [0.05, 0.1) is 12.7 Å². The summed E-state index contributed by atoms with van der Waals surface area (Å²) in [5, 5.41) is 6.84. The zero-order valence-corrected chi connectivity index (χ0v) is 17.0. The van der Waals surface area contributed by atoms with Crippen molar-refractivity contribution in [3.05, 3.63) is 0 Å². The van der Waals surface area contributed by atoms with Crippen molar-refractivity contribution in [3.63, 3.8) is 0 Å². The molecule has 8 heteroatoms. The SMILES string of the molecule is CN=C(NCCCOC1CCOC1)NCC1CN2CCN1CC2.I. The van der Waals surface area contributed by atoms with Gasteiger partial charge in [-0.3, -0.25) is 14.8 Å². The topological polar surface area (TPSA) is 61.4 Å². The van der Waals surface area contributed by atoms with Gasteiger partial charge in [-0.1, -0.05) is 0 Å². The van der Waals surface area contributed by atoms with Gasteiger partial charge in [0, 0.05) is 72.1 Å². The van der Waals surface area contributed by atoms with E-state index in [4.69, 9.17) is 9.47 Å². The molecule has 0 spiro atoms. The molecule has 0 aliphatic carbocycles. The minimum atomic E-state index is 0. The van der Waals surface area contributed by atoms with E-state index in [1.807, 2.05) is 7.05 Å². The minimum Gasteiger partial charge on any atom is -0.379 e. The lowest BCUT2D eigenvalue weighted by Gasteiger charge is -2.47. The highest BCUT2D eigenvalue weighted by Gasteiger charge is 2.31. The van der Waals surface area contributed by atoms with Crippen molar-refractivity contribution in [3.8, 4) is 0 Å². The van der Waals surface area contributed by atoms with Crippen LogP contribution in [0.5, 0.6) is 0 Å². The predicted octanol–water partition coefficient (Wildman–Crippen LogP) is -0.0352. The Morgan fingerprint density at radius 1 is 1.25 bits per heavy atom. The van der Waals surface area contributed by atoms with Gasteiger partial charge in [-0.05, 0) is 12.8 Å². The van der Waals surface area contributed by atoms with Gasteiger partial charge in [-0.15, -0.1) is 24.0 Å². The van der Waals surface area contributed by atoms with Gasteiger partial charge < -0.3 is 20.1 Å². The summed E-state index contributed by atoms with van der Waals surface area (Å²) >= 11 is 0. The summed E-state index contributed by atoms with van der Waals surface area (Å²) in [7, 11) is 1.83. The van der Waals surface area contributed by atoms with Gasteiger partial charge in [0.1, 0.15) is 0 Å². The molecule has 4 aliphatic rings. The van der Waals surface area contributed by atoms with Crippen LogP contribution >= 0.6 is 24.0 Å². The number of ether oxygens (including phenoxy) is 2. The Kier molecular flexibility index (Phi) is 9.02. The van der Waals surface area contributed by atoms with E-state index >= 15 is 0 Å². The van der Waals surface area contributed by atoms with Crippen LogP contribution in [0.1, 0.15) is 12.8 Å². The van der Waals surface area contributed by atoms with Gasteiger partial charge in [0.2, 0.25) is 0 Å². The van der Waals surface area contributed by atoms with E-state index in [1.165, 1.54) is 32.7 Å².